The van der Waals surface area contributed by atoms with Gasteiger partial charge >= 0.3 is 5.97 Å². The SMILES string of the molecule is N#CCCCOc1ccccc1CC(=O)O. The average Bonchev–Trinajstić information content (AvgIpc) is 2.26. The second kappa shape index (κ2) is 6.46. The van der Waals surface area contributed by atoms with Gasteiger partial charge in [-0.2, -0.15) is 5.26 Å². The Hall–Kier alpha value is -2.02. The maximum atomic E-state index is 10.6. The van der Waals surface area contributed by atoms with Crippen LogP contribution in [-0.2, 0) is 11.2 Å². The van der Waals surface area contributed by atoms with Gasteiger partial charge in [0.05, 0.1) is 19.1 Å². The highest BCUT2D eigenvalue weighted by molar-refractivity contribution is 5.71. The molecule has 0 amide bonds. The van der Waals surface area contributed by atoms with E-state index in [4.69, 9.17) is 15.1 Å². The minimum atomic E-state index is -0.881. The maximum absolute atomic E-state index is 10.6. The van der Waals surface area contributed by atoms with E-state index in [1.165, 1.54) is 0 Å². The van der Waals surface area contributed by atoms with Gasteiger partial charge < -0.3 is 9.84 Å². The highest BCUT2D eigenvalue weighted by Gasteiger charge is 2.06. The van der Waals surface area contributed by atoms with E-state index in [2.05, 4.69) is 0 Å². The quantitative estimate of drug-likeness (QED) is 0.743. The number of aliphatic carboxylic acids is 1. The smallest absolute Gasteiger partial charge is 0.307 e. The molecule has 16 heavy (non-hydrogen) atoms. The van der Waals surface area contributed by atoms with Crippen molar-refractivity contribution >= 4 is 5.97 Å². The highest BCUT2D eigenvalue weighted by atomic mass is 16.5. The maximum Gasteiger partial charge on any atom is 0.307 e. The van der Waals surface area contributed by atoms with Gasteiger partial charge in [0, 0.05) is 12.0 Å². The summed E-state index contributed by atoms with van der Waals surface area (Å²) in [5, 5.41) is 17.1. The van der Waals surface area contributed by atoms with Gasteiger partial charge in [-0.25, -0.2) is 0 Å². The van der Waals surface area contributed by atoms with Gasteiger partial charge in [-0.1, -0.05) is 18.2 Å². The van der Waals surface area contributed by atoms with Gasteiger partial charge in [0.25, 0.3) is 0 Å². The molecule has 1 rings (SSSR count). The molecule has 0 radical (unpaired) electrons. The molecule has 0 aliphatic rings. The topological polar surface area (TPSA) is 70.3 Å². The van der Waals surface area contributed by atoms with Crippen molar-refractivity contribution in [2.75, 3.05) is 6.61 Å². The molecule has 0 aliphatic heterocycles. The van der Waals surface area contributed by atoms with Crippen molar-refractivity contribution in [1.82, 2.24) is 0 Å². The minimum absolute atomic E-state index is 0.0472. The molecule has 0 spiro atoms. The summed E-state index contributed by atoms with van der Waals surface area (Å²) in [6.45, 7) is 0.435. The zero-order chi connectivity index (χ0) is 11.8. The summed E-state index contributed by atoms with van der Waals surface area (Å²) in [5.41, 5.74) is 0.659. The summed E-state index contributed by atoms with van der Waals surface area (Å²) < 4.78 is 5.43. The van der Waals surface area contributed by atoms with E-state index in [1.807, 2.05) is 6.07 Å². The number of rotatable bonds is 6. The zero-order valence-corrected chi connectivity index (χ0v) is 8.85. The van der Waals surface area contributed by atoms with Crippen LogP contribution in [0, 0.1) is 11.3 Å². The zero-order valence-electron chi connectivity index (χ0n) is 8.85. The molecule has 1 aromatic carbocycles. The van der Waals surface area contributed by atoms with E-state index in [0.29, 0.717) is 30.8 Å². The predicted molar refractivity (Wildman–Crippen MR) is 58.1 cm³/mol. The number of ether oxygens (including phenoxy) is 1. The highest BCUT2D eigenvalue weighted by Crippen LogP contribution is 2.18. The molecule has 0 unspecified atom stereocenters. The number of nitriles is 1. The largest absolute Gasteiger partial charge is 0.493 e. The molecule has 0 saturated carbocycles. The van der Waals surface area contributed by atoms with Gasteiger partial charge in [0.15, 0.2) is 0 Å². The normalized spacial score (nSPS) is 9.44. The first-order chi connectivity index (χ1) is 7.74. The lowest BCUT2D eigenvalue weighted by molar-refractivity contribution is -0.136. The number of carboxylic acids is 1. The van der Waals surface area contributed by atoms with Crippen LogP contribution in [0.4, 0.5) is 0 Å². The molecule has 0 bridgehead atoms. The fourth-order valence-electron chi connectivity index (χ4n) is 1.29. The van der Waals surface area contributed by atoms with Crippen molar-refractivity contribution in [3.63, 3.8) is 0 Å². The standard InChI is InChI=1S/C12H13NO3/c13-7-3-4-8-16-11-6-2-1-5-10(11)9-12(14)15/h1-2,5-6H,3-4,8-9H2,(H,14,15). The number of benzene rings is 1. The molecule has 4 nitrogen and oxygen atoms in total. The summed E-state index contributed by atoms with van der Waals surface area (Å²) >= 11 is 0. The molecule has 84 valence electrons. The van der Waals surface area contributed by atoms with Gasteiger partial charge in [-0.15, -0.1) is 0 Å². The Kier molecular flexibility index (Phi) is 4.87. The third kappa shape index (κ3) is 4.01. The summed E-state index contributed by atoms with van der Waals surface area (Å²) in [7, 11) is 0. The van der Waals surface area contributed by atoms with Gasteiger partial charge in [0.2, 0.25) is 0 Å². The number of nitrogens with zero attached hydrogens (tertiary/aromatic N) is 1. The first-order valence-electron chi connectivity index (χ1n) is 5.03. The Morgan fingerprint density at radius 2 is 2.19 bits per heavy atom. The van der Waals surface area contributed by atoms with E-state index < -0.39 is 5.97 Å². The molecule has 0 saturated heterocycles. The molecular formula is C12H13NO3. The number of carboxylic acid groups (broad SMARTS) is 1. The molecule has 0 atom stereocenters. The number of unbranched alkanes of at least 4 members (excludes halogenated alkanes) is 1. The second-order valence-corrected chi connectivity index (χ2v) is 3.29. The molecule has 1 N–H and O–H groups in total. The molecule has 1 aromatic rings. The summed E-state index contributed by atoms with van der Waals surface area (Å²) in [5.74, 6) is -0.295. The van der Waals surface area contributed by atoms with Crippen LogP contribution in [0.2, 0.25) is 0 Å². The van der Waals surface area contributed by atoms with Crippen molar-refractivity contribution < 1.29 is 14.6 Å². The van der Waals surface area contributed by atoms with Crippen molar-refractivity contribution in [3.05, 3.63) is 29.8 Å². The third-order valence-corrected chi connectivity index (χ3v) is 2.00. The first kappa shape index (κ1) is 12.1. The molecular weight excluding hydrogens is 206 g/mol. The van der Waals surface area contributed by atoms with E-state index in [1.54, 1.807) is 24.3 Å². The Balaban J connectivity index is 2.57. The summed E-state index contributed by atoms with van der Waals surface area (Å²) in [4.78, 5) is 10.6. The van der Waals surface area contributed by atoms with Gasteiger partial charge in [-0.05, 0) is 12.5 Å². The molecule has 0 fully saturated rings. The van der Waals surface area contributed by atoms with Crippen molar-refractivity contribution in [3.8, 4) is 11.8 Å². The Morgan fingerprint density at radius 1 is 1.44 bits per heavy atom. The average molecular weight is 219 g/mol. The number of carbonyl (C=O) groups is 1. The van der Waals surface area contributed by atoms with Crippen molar-refractivity contribution in [1.29, 1.82) is 5.26 Å². The van der Waals surface area contributed by atoms with Crippen LogP contribution in [0.15, 0.2) is 24.3 Å². The van der Waals surface area contributed by atoms with Crippen LogP contribution < -0.4 is 4.74 Å². The van der Waals surface area contributed by atoms with Crippen LogP contribution in [0.3, 0.4) is 0 Å². The molecule has 4 heteroatoms. The van der Waals surface area contributed by atoms with E-state index >= 15 is 0 Å². The predicted octanol–water partition coefficient (Wildman–Crippen LogP) is 2.00. The fourth-order valence-corrected chi connectivity index (χ4v) is 1.29. The van der Waals surface area contributed by atoms with E-state index in [-0.39, 0.29) is 6.42 Å². The van der Waals surface area contributed by atoms with Crippen LogP contribution in [0.5, 0.6) is 5.75 Å². The number of para-hydroxylation sites is 1. The lowest BCUT2D eigenvalue weighted by Crippen LogP contribution is -2.04. The van der Waals surface area contributed by atoms with Crippen molar-refractivity contribution in [2.24, 2.45) is 0 Å². The van der Waals surface area contributed by atoms with E-state index in [0.717, 1.165) is 0 Å². The molecule has 0 aliphatic carbocycles. The lowest BCUT2D eigenvalue weighted by atomic mass is 10.1. The second-order valence-electron chi connectivity index (χ2n) is 3.29. The van der Waals surface area contributed by atoms with Crippen LogP contribution >= 0.6 is 0 Å². The Bertz CT molecular complexity index is 395. The van der Waals surface area contributed by atoms with Gasteiger partial charge in [-0.3, -0.25) is 4.79 Å². The minimum Gasteiger partial charge on any atom is -0.493 e. The Labute approximate surface area is 94.1 Å². The summed E-state index contributed by atoms with van der Waals surface area (Å²) in [6, 6.07) is 9.07. The fraction of sp³-hybridized carbons (Fsp3) is 0.333. The van der Waals surface area contributed by atoms with E-state index in [9.17, 15) is 4.79 Å². The monoisotopic (exact) mass is 219 g/mol. The van der Waals surface area contributed by atoms with Crippen LogP contribution in [0.1, 0.15) is 18.4 Å². The van der Waals surface area contributed by atoms with Crippen LogP contribution in [-0.4, -0.2) is 17.7 Å². The van der Waals surface area contributed by atoms with Crippen LogP contribution in [0.25, 0.3) is 0 Å². The lowest BCUT2D eigenvalue weighted by Gasteiger charge is -2.09. The van der Waals surface area contributed by atoms with Crippen molar-refractivity contribution in [2.45, 2.75) is 19.3 Å². The number of hydrogen-bond acceptors (Lipinski definition) is 3. The first-order valence-corrected chi connectivity index (χ1v) is 5.03. The number of hydrogen-bond donors (Lipinski definition) is 1. The molecule has 0 aromatic heterocycles. The summed E-state index contributed by atoms with van der Waals surface area (Å²) in [6.07, 6.45) is 1.05. The molecule has 0 heterocycles. The van der Waals surface area contributed by atoms with Gasteiger partial charge in [0.1, 0.15) is 5.75 Å². The third-order valence-electron chi connectivity index (χ3n) is 2.00. The Morgan fingerprint density at radius 3 is 2.88 bits per heavy atom.